The molecule has 210 valence electrons. The van der Waals surface area contributed by atoms with Crippen molar-refractivity contribution in [3.8, 4) is 11.5 Å². The van der Waals surface area contributed by atoms with Crippen LogP contribution in [0.25, 0.3) is 6.08 Å². The number of hydrogen-bond acceptors (Lipinski definition) is 8. The van der Waals surface area contributed by atoms with E-state index in [1.54, 1.807) is 26.1 Å². The Morgan fingerprint density at radius 1 is 1.18 bits per heavy atom. The third-order valence-corrected chi connectivity index (χ3v) is 6.23. The molecule has 1 fully saturated rings. The number of esters is 1. The monoisotopic (exact) mass is 550 g/mol. The summed E-state index contributed by atoms with van der Waals surface area (Å²) >= 11 is 0. The molecule has 1 aromatic carbocycles. The Balaban J connectivity index is 1.69. The second-order valence-electron chi connectivity index (χ2n) is 8.97. The lowest BCUT2D eigenvalue weighted by atomic mass is 10.1. The standard InChI is InChI=1S/C26H29F3N4O6/c1-14-15(2)31-18(16(3)30-14)13-39-25(37)19-6-5-11-33(19)24(36)23(26(27,28)29)32-22(35)10-8-17-7-9-20(34)21(12-17)38-4/h7-10,12,19,23,34H,5-6,11,13H2,1-4H3,(H,32,35)/b10-8+. The van der Waals surface area contributed by atoms with Crippen LogP contribution in [0.1, 0.15) is 41.2 Å². The van der Waals surface area contributed by atoms with E-state index in [1.807, 2.05) is 0 Å². The van der Waals surface area contributed by atoms with Crippen LogP contribution in [0.4, 0.5) is 13.2 Å². The van der Waals surface area contributed by atoms with Crippen LogP contribution < -0.4 is 10.1 Å². The molecule has 0 bridgehead atoms. The summed E-state index contributed by atoms with van der Waals surface area (Å²) in [6.45, 7) is 4.86. The zero-order chi connectivity index (χ0) is 28.9. The zero-order valence-electron chi connectivity index (χ0n) is 21.8. The summed E-state index contributed by atoms with van der Waals surface area (Å²) in [6.07, 6.45) is -2.70. The predicted molar refractivity (Wildman–Crippen MR) is 132 cm³/mol. The summed E-state index contributed by atoms with van der Waals surface area (Å²) < 4.78 is 51.8. The molecular weight excluding hydrogens is 521 g/mol. The van der Waals surface area contributed by atoms with Gasteiger partial charge in [0.25, 0.3) is 5.91 Å². The fourth-order valence-corrected chi connectivity index (χ4v) is 4.02. The fourth-order valence-electron chi connectivity index (χ4n) is 4.02. The number of aryl methyl sites for hydroxylation is 3. The number of halogens is 3. The van der Waals surface area contributed by atoms with Gasteiger partial charge in [-0.1, -0.05) is 6.07 Å². The van der Waals surface area contributed by atoms with Gasteiger partial charge >= 0.3 is 12.1 Å². The first kappa shape index (κ1) is 29.4. The van der Waals surface area contributed by atoms with Gasteiger partial charge in [-0.05, 0) is 57.4 Å². The first-order valence-electron chi connectivity index (χ1n) is 12.0. The van der Waals surface area contributed by atoms with Crippen molar-refractivity contribution in [3.63, 3.8) is 0 Å². The van der Waals surface area contributed by atoms with Gasteiger partial charge in [0, 0.05) is 12.6 Å². The lowest BCUT2D eigenvalue weighted by Gasteiger charge is -2.29. The Bertz CT molecular complexity index is 1280. The number of alkyl halides is 3. The number of amides is 2. The van der Waals surface area contributed by atoms with Crippen molar-refractivity contribution in [2.75, 3.05) is 13.7 Å². The Hall–Kier alpha value is -4.16. The van der Waals surface area contributed by atoms with E-state index >= 15 is 0 Å². The Labute approximate surface area is 222 Å². The number of nitrogens with one attached hydrogen (secondary N) is 1. The molecule has 39 heavy (non-hydrogen) atoms. The fraction of sp³-hybridized carbons (Fsp3) is 0.423. The minimum absolute atomic E-state index is 0.104. The SMILES string of the molecule is COc1cc(/C=C/C(=O)NC(C(=O)N2CCCC2C(=O)OCc2nc(C)c(C)nc2C)C(F)(F)F)ccc1O. The minimum atomic E-state index is -5.12. The predicted octanol–water partition coefficient (Wildman–Crippen LogP) is 2.91. The number of hydrogen-bond donors (Lipinski definition) is 2. The number of methoxy groups -OCH3 is 1. The highest BCUT2D eigenvalue weighted by atomic mass is 19.4. The molecule has 0 saturated carbocycles. The number of nitrogens with zero attached hydrogens (tertiary/aromatic N) is 3. The molecule has 2 aromatic rings. The van der Waals surface area contributed by atoms with Crippen molar-refractivity contribution in [1.82, 2.24) is 20.2 Å². The van der Waals surface area contributed by atoms with Gasteiger partial charge < -0.3 is 24.8 Å². The van der Waals surface area contributed by atoms with Gasteiger partial charge in [0.2, 0.25) is 11.9 Å². The van der Waals surface area contributed by atoms with Gasteiger partial charge in [-0.2, -0.15) is 13.2 Å². The number of carbonyl (C=O) groups is 3. The second-order valence-corrected chi connectivity index (χ2v) is 8.97. The topological polar surface area (TPSA) is 131 Å². The molecule has 2 heterocycles. The van der Waals surface area contributed by atoms with E-state index in [4.69, 9.17) is 9.47 Å². The van der Waals surface area contributed by atoms with Crippen LogP contribution in [0.5, 0.6) is 11.5 Å². The number of likely N-dealkylation sites (tertiary alicyclic amines) is 1. The molecule has 2 N–H and O–H groups in total. The summed E-state index contributed by atoms with van der Waals surface area (Å²) in [5.41, 5.74) is 2.67. The van der Waals surface area contributed by atoms with E-state index in [-0.39, 0.29) is 37.5 Å². The molecule has 1 saturated heterocycles. The number of rotatable bonds is 8. The van der Waals surface area contributed by atoms with Crippen LogP contribution in [0.15, 0.2) is 24.3 Å². The molecule has 10 nitrogen and oxygen atoms in total. The van der Waals surface area contributed by atoms with Crippen LogP contribution in [0.3, 0.4) is 0 Å². The highest BCUT2D eigenvalue weighted by Gasteiger charge is 2.50. The summed E-state index contributed by atoms with van der Waals surface area (Å²) in [5.74, 6) is -3.56. The number of aromatic hydroxyl groups is 1. The molecule has 0 spiro atoms. The number of carbonyl (C=O) groups excluding carboxylic acids is 3. The highest BCUT2D eigenvalue weighted by molar-refractivity contribution is 5.97. The second kappa shape index (κ2) is 12.1. The molecule has 1 aliphatic heterocycles. The first-order valence-corrected chi connectivity index (χ1v) is 12.0. The third kappa shape index (κ3) is 7.24. The normalized spacial score (nSPS) is 16.3. The Morgan fingerprint density at radius 2 is 1.87 bits per heavy atom. The lowest BCUT2D eigenvalue weighted by molar-refractivity contribution is -0.180. The van der Waals surface area contributed by atoms with Crippen LogP contribution in [0.2, 0.25) is 0 Å². The number of benzene rings is 1. The quantitative estimate of drug-likeness (QED) is 0.379. The van der Waals surface area contributed by atoms with Gasteiger partial charge in [0.05, 0.1) is 29.9 Å². The van der Waals surface area contributed by atoms with E-state index in [0.29, 0.717) is 28.3 Å². The average molecular weight is 551 g/mol. The summed E-state index contributed by atoms with van der Waals surface area (Å²) in [4.78, 5) is 47.4. The first-order chi connectivity index (χ1) is 18.3. The van der Waals surface area contributed by atoms with Crippen LogP contribution in [-0.2, 0) is 25.7 Å². The van der Waals surface area contributed by atoms with E-state index < -0.39 is 36.0 Å². The van der Waals surface area contributed by atoms with Crippen LogP contribution >= 0.6 is 0 Å². The molecule has 13 heteroatoms. The molecule has 3 rings (SSSR count). The number of phenols is 1. The maximum atomic E-state index is 13.8. The number of phenolic OH excluding ortho intramolecular Hbond substituents is 1. The highest BCUT2D eigenvalue weighted by Crippen LogP contribution is 2.28. The van der Waals surface area contributed by atoms with Crippen molar-refractivity contribution in [3.05, 3.63) is 52.6 Å². The summed E-state index contributed by atoms with van der Waals surface area (Å²) in [6, 6.07) is -0.0284. The van der Waals surface area contributed by atoms with E-state index in [9.17, 15) is 32.7 Å². The molecule has 1 aromatic heterocycles. The molecule has 2 atom stereocenters. The van der Waals surface area contributed by atoms with Gasteiger partial charge in [0.1, 0.15) is 12.6 Å². The van der Waals surface area contributed by atoms with Crippen molar-refractivity contribution >= 4 is 23.9 Å². The molecule has 0 aliphatic carbocycles. The zero-order valence-corrected chi connectivity index (χ0v) is 21.8. The molecule has 1 aliphatic rings. The van der Waals surface area contributed by atoms with Crippen LogP contribution in [-0.4, -0.2) is 69.7 Å². The largest absolute Gasteiger partial charge is 0.504 e. The van der Waals surface area contributed by atoms with E-state index in [2.05, 4.69) is 9.97 Å². The van der Waals surface area contributed by atoms with Crippen molar-refractivity contribution in [2.24, 2.45) is 0 Å². The molecular formula is C26H29F3N4O6. The Morgan fingerprint density at radius 3 is 2.54 bits per heavy atom. The number of ether oxygens (including phenoxy) is 2. The molecule has 2 amide bonds. The van der Waals surface area contributed by atoms with Crippen LogP contribution in [0, 0.1) is 20.8 Å². The molecule has 2 unspecified atom stereocenters. The third-order valence-electron chi connectivity index (χ3n) is 6.23. The van der Waals surface area contributed by atoms with E-state index in [0.717, 1.165) is 11.0 Å². The maximum Gasteiger partial charge on any atom is 0.417 e. The lowest BCUT2D eigenvalue weighted by Crippen LogP contribution is -2.57. The summed E-state index contributed by atoms with van der Waals surface area (Å²) in [5, 5.41) is 11.3. The Kier molecular flexibility index (Phi) is 9.15. The van der Waals surface area contributed by atoms with Crippen molar-refractivity contribution in [1.29, 1.82) is 0 Å². The maximum absolute atomic E-state index is 13.8. The molecule has 0 radical (unpaired) electrons. The van der Waals surface area contributed by atoms with Gasteiger partial charge in [-0.3, -0.25) is 19.6 Å². The van der Waals surface area contributed by atoms with Gasteiger partial charge in [-0.25, -0.2) is 4.79 Å². The van der Waals surface area contributed by atoms with Gasteiger partial charge in [0.15, 0.2) is 11.5 Å². The minimum Gasteiger partial charge on any atom is -0.504 e. The van der Waals surface area contributed by atoms with Crippen molar-refractivity contribution < 1.29 is 42.1 Å². The summed E-state index contributed by atoms with van der Waals surface area (Å²) in [7, 11) is 1.31. The van der Waals surface area contributed by atoms with Gasteiger partial charge in [-0.15, -0.1) is 0 Å². The van der Waals surface area contributed by atoms with E-state index in [1.165, 1.54) is 31.4 Å². The number of aromatic nitrogens is 2. The average Bonchev–Trinajstić information content (AvgIpc) is 3.37. The smallest absolute Gasteiger partial charge is 0.417 e. The van der Waals surface area contributed by atoms with Crippen molar-refractivity contribution in [2.45, 2.75) is 58.5 Å².